The number of benzene rings is 3. The van der Waals surface area contributed by atoms with Crippen LogP contribution in [0.15, 0.2) is 66.7 Å². The van der Waals surface area contributed by atoms with Gasteiger partial charge < -0.3 is 14.6 Å². The van der Waals surface area contributed by atoms with Crippen LogP contribution in [0, 0.1) is 0 Å². The van der Waals surface area contributed by atoms with E-state index < -0.39 is 16.1 Å². The highest BCUT2D eigenvalue weighted by Crippen LogP contribution is 2.31. The maximum atomic E-state index is 13.0. The van der Waals surface area contributed by atoms with Gasteiger partial charge in [-0.2, -0.15) is 0 Å². The number of aromatic nitrogens is 1. The molecule has 1 N–H and O–H groups in total. The molecule has 1 heterocycles. The molecule has 0 aliphatic carbocycles. The number of sulfonamides is 1. The highest BCUT2D eigenvalue weighted by atomic mass is 32.2. The van der Waals surface area contributed by atoms with E-state index in [2.05, 4.69) is 28.9 Å². The number of carbonyl (C=O) groups excluding carboxylic acids is 1. The molecule has 3 aromatic carbocycles. The molecule has 4 aromatic rings. The van der Waals surface area contributed by atoms with Crippen molar-refractivity contribution in [1.82, 2.24) is 4.57 Å². The Labute approximate surface area is 200 Å². The summed E-state index contributed by atoms with van der Waals surface area (Å²) in [4.78, 5) is 13.0. The van der Waals surface area contributed by atoms with Crippen LogP contribution in [0.5, 0.6) is 5.75 Å². The minimum atomic E-state index is -3.35. The summed E-state index contributed by atoms with van der Waals surface area (Å²) in [6, 6.07) is 20.8. The van der Waals surface area contributed by atoms with Gasteiger partial charge in [0.25, 0.3) is 5.91 Å². The van der Waals surface area contributed by atoms with Gasteiger partial charge in [0.2, 0.25) is 10.0 Å². The van der Waals surface area contributed by atoms with Crippen LogP contribution in [0.2, 0.25) is 0 Å². The lowest BCUT2D eigenvalue weighted by Gasteiger charge is -2.19. The lowest BCUT2D eigenvalue weighted by Crippen LogP contribution is -2.32. The molecule has 8 heteroatoms. The molecule has 0 spiro atoms. The molecule has 0 fully saturated rings. The molecule has 0 bridgehead atoms. The van der Waals surface area contributed by atoms with E-state index in [-0.39, 0.29) is 5.91 Å². The Bertz CT molecular complexity index is 1440. The number of hydrogen-bond donors (Lipinski definition) is 1. The first-order valence-electron chi connectivity index (χ1n) is 11.3. The van der Waals surface area contributed by atoms with Crippen LogP contribution in [0.1, 0.15) is 20.3 Å². The molecular formula is C26H29N3O4S. The van der Waals surface area contributed by atoms with Gasteiger partial charge in [0.05, 0.1) is 11.9 Å². The van der Waals surface area contributed by atoms with Crippen LogP contribution >= 0.6 is 0 Å². The fraction of sp³-hybridized carbons (Fsp3) is 0.269. The number of nitrogens with zero attached hydrogens (tertiary/aromatic N) is 2. The van der Waals surface area contributed by atoms with Crippen molar-refractivity contribution in [2.24, 2.45) is 0 Å². The molecule has 1 amide bonds. The molecule has 0 saturated carbocycles. The van der Waals surface area contributed by atoms with E-state index in [1.54, 1.807) is 24.3 Å². The van der Waals surface area contributed by atoms with Crippen LogP contribution in [0.25, 0.3) is 21.8 Å². The summed E-state index contributed by atoms with van der Waals surface area (Å²) < 4.78 is 32.8. The van der Waals surface area contributed by atoms with Gasteiger partial charge in [0.1, 0.15) is 5.75 Å². The first kappa shape index (κ1) is 23.6. The number of rotatable bonds is 8. The molecule has 0 unspecified atom stereocenters. The van der Waals surface area contributed by atoms with Gasteiger partial charge in [-0.3, -0.25) is 9.10 Å². The Morgan fingerprint density at radius 2 is 1.68 bits per heavy atom. The minimum absolute atomic E-state index is 0.238. The van der Waals surface area contributed by atoms with Crippen molar-refractivity contribution in [1.29, 1.82) is 0 Å². The third kappa shape index (κ3) is 4.59. The summed E-state index contributed by atoms with van der Waals surface area (Å²) in [6.07, 6.45) is 0.937. The molecule has 4 rings (SSSR count). The Balaban J connectivity index is 1.52. The van der Waals surface area contributed by atoms with Crippen LogP contribution < -0.4 is 14.4 Å². The smallest absolute Gasteiger partial charge is 0.265 e. The second kappa shape index (κ2) is 9.38. The van der Waals surface area contributed by atoms with E-state index in [4.69, 9.17) is 4.74 Å². The second-order valence-corrected chi connectivity index (χ2v) is 10.2. The Kier molecular flexibility index (Phi) is 6.52. The number of anilines is 2. The molecule has 34 heavy (non-hydrogen) atoms. The first-order chi connectivity index (χ1) is 16.2. The quantitative estimate of drug-likeness (QED) is 0.385. The van der Waals surface area contributed by atoms with Crippen molar-refractivity contribution in [3.8, 4) is 5.75 Å². The molecule has 0 aliphatic rings. The average molecular weight is 480 g/mol. The Morgan fingerprint density at radius 3 is 2.32 bits per heavy atom. The van der Waals surface area contributed by atoms with Crippen LogP contribution in [0.3, 0.4) is 0 Å². The summed E-state index contributed by atoms with van der Waals surface area (Å²) in [5.74, 6) is 0.257. The number of hydrogen-bond acceptors (Lipinski definition) is 4. The van der Waals surface area contributed by atoms with E-state index in [1.807, 2.05) is 37.3 Å². The number of para-hydroxylation sites is 1. The van der Waals surface area contributed by atoms with Gasteiger partial charge in [-0.05, 0) is 61.9 Å². The van der Waals surface area contributed by atoms with E-state index in [0.717, 1.165) is 29.1 Å². The van der Waals surface area contributed by atoms with Crippen molar-refractivity contribution in [2.75, 3.05) is 22.9 Å². The number of amides is 1. The molecule has 0 aliphatic heterocycles. The molecule has 1 aromatic heterocycles. The van der Waals surface area contributed by atoms with Crippen molar-refractivity contribution < 1.29 is 17.9 Å². The van der Waals surface area contributed by atoms with Gasteiger partial charge in [-0.15, -0.1) is 0 Å². The van der Waals surface area contributed by atoms with Crippen molar-refractivity contribution in [2.45, 2.75) is 32.9 Å². The highest BCUT2D eigenvalue weighted by Gasteiger charge is 2.20. The number of aryl methyl sites for hydroxylation is 1. The van der Waals surface area contributed by atoms with Crippen LogP contribution in [0.4, 0.5) is 11.4 Å². The number of nitrogens with one attached hydrogen (secondary N) is 1. The third-order valence-electron chi connectivity index (χ3n) is 6.00. The van der Waals surface area contributed by atoms with Gasteiger partial charge in [0.15, 0.2) is 6.10 Å². The Hall–Kier alpha value is -3.52. The normalized spacial score (nSPS) is 12.6. The zero-order valence-electron chi connectivity index (χ0n) is 19.8. The molecule has 1 atom stereocenters. The topological polar surface area (TPSA) is 80.6 Å². The predicted molar refractivity (Wildman–Crippen MR) is 138 cm³/mol. The van der Waals surface area contributed by atoms with E-state index in [0.29, 0.717) is 23.5 Å². The average Bonchev–Trinajstić information content (AvgIpc) is 3.14. The minimum Gasteiger partial charge on any atom is -0.481 e. The lowest BCUT2D eigenvalue weighted by atomic mass is 10.1. The predicted octanol–water partition coefficient (Wildman–Crippen LogP) is 5.01. The van der Waals surface area contributed by atoms with Crippen molar-refractivity contribution in [3.05, 3.63) is 66.7 Å². The van der Waals surface area contributed by atoms with Crippen LogP contribution in [-0.2, 0) is 21.4 Å². The largest absolute Gasteiger partial charge is 0.481 e. The second-order valence-electron chi connectivity index (χ2n) is 8.22. The highest BCUT2D eigenvalue weighted by molar-refractivity contribution is 7.92. The standard InChI is InChI=1S/C26H29N3O4S/c1-5-25(33-20-14-12-19(13-15-20)28(3)34(4,31)32)26(30)27-18-11-16-24-22(17-18)21-9-7-8-10-23(21)29(24)6-2/h7-17,25H,5-6H2,1-4H3,(H,27,30)/t25-/m1/s1. The Morgan fingerprint density at radius 1 is 1.00 bits per heavy atom. The van der Waals surface area contributed by atoms with E-state index >= 15 is 0 Å². The molecule has 0 saturated heterocycles. The SMILES string of the molecule is CC[C@@H](Oc1ccc(N(C)S(C)(=O)=O)cc1)C(=O)Nc1ccc2c(c1)c1ccccc1n2CC. The summed E-state index contributed by atoms with van der Waals surface area (Å²) in [6.45, 7) is 4.87. The summed E-state index contributed by atoms with van der Waals surface area (Å²) >= 11 is 0. The lowest BCUT2D eigenvalue weighted by molar-refractivity contribution is -0.122. The zero-order valence-corrected chi connectivity index (χ0v) is 20.6. The van der Waals surface area contributed by atoms with Gasteiger partial charge in [-0.1, -0.05) is 25.1 Å². The van der Waals surface area contributed by atoms with Gasteiger partial charge >= 0.3 is 0 Å². The summed E-state index contributed by atoms with van der Waals surface area (Å²) in [5.41, 5.74) is 3.53. The van der Waals surface area contributed by atoms with Crippen molar-refractivity contribution >= 4 is 49.1 Å². The number of fused-ring (bicyclic) bond motifs is 3. The first-order valence-corrected chi connectivity index (χ1v) is 13.1. The fourth-order valence-corrected chi connectivity index (χ4v) is 4.61. The van der Waals surface area contributed by atoms with Crippen LogP contribution in [-0.4, -0.2) is 38.3 Å². The van der Waals surface area contributed by atoms with Gasteiger partial charge in [-0.25, -0.2) is 8.42 Å². The molecule has 178 valence electrons. The molecule has 0 radical (unpaired) electrons. The third-order valence-corrected chi connectivity index (χ3v) is 7.20. The van der Waals surface area contributed by atoms with Gasteiger partial charge in [0, 0.05) is 41.1 Å². The van der Waals surface area contributed by atoms with E-state index in [9.17, 15) is 13.2 Å². The monoisotopic (exact) mass is 479 g/mol. The maximum Gasteiger partial charge on any atom is 0.265 e. The van der Waals surface area contributed by atoms with Crippen molar-refractivity contribution in [3.63, 3.8) is 0 Å². The molecule has 7 nitrogen and oxygen atoms in total. The number of ether oxygens (including phenoxy) is 1. The number of carbonyl (C=O) groups is 1. The fourth-order valence-electron chi connectivity index (χ4n) is 4.11. The summed E-state index contributed by atoms with van der Waals surface area (Å²) in [7, 11) is -1.86. The zero-order chi connectivity index (χ0) is 24.5. The molecular weight excluding hydrogens is 450 g/mol. The summed E-state index contributed by atoms with van der Waals surface area (Å²) in [5, 5.41) is 5.23. The maximum absolute atomic E-state index is 13.0. The van der Waals surface area contributed by atoms with E-state index in [1.165, 1.54) is 16.9 Å².